The van der Waals surface area contributed by atoms with Gasteiger partial charge in [-0.3, -0.25) is 4.90 Å². The highest BCUT2D eigenvalue weighted by Gasteiger charge is 2.32. The molecule has 4 heteroatoms. The number of nitrogens with two attached hydrogens (primary N) is 1. The lowest BCUT2D eigenvalue weighted by molar-refractivity contribution is -0.00555. The van der Waals surface area contributed by atoms with Crippen molar-refractivity contribution < 1.29 is 9.13 Å². The summed E-state index contributed by atoms with van der Waals surface area (Å²) in [5.41, 5.74) is 7.12. The number of ether oxygens (including phenoxy) is 1. The topological polar surface area (TPSA) is 38.5 Å². The molecule has 0 spiro atoms. The summed E-state index contributed by atoms with van der Waals surface area (Å²) in [7, 11) is 1.77. The largest absolute Gasteiger partial charge is 0.381 e. The van der Waals surface area contributed by atoms with Crippen LogP contribution in [-0.4, -0.2) is 37.2 Å². The number of piperidine rings is 1. The van der Waals surface area contributed by atoms with Crippen LogP contribution < -0.4 is 5.73 Å². The van der Waals surface area contributed by atoms with E-state index in [0.29, 0.717) is 24.7 Å². The molecule has 0 bridgehead atoms. The zero-order valence-corrected chi connectivity index (χ0v) is 12.4. The van der Waals surface area contributed by atoms with Crippen LogP contribution in [0.3, 0.4) is 0 Å². The summed E-state index contributed by atoms with van der Waals surface area (Å²) < 4.78 is 18.6. The van der Waals surface area contributed by atoms with Crippen molar-refractivity contribution in [3.8, 4) is 0 Å². The molecule has 0 radical (unpaired) electrons. The van der Waals surface area contributed by atoms with Gasteiger partial charge in [-0.25, -0.2) is 4.39 Å². The maximum atomic E-state index is 13.1. The van der Waals surface area contributed by atoms with E-state index in [-0.39, 0.29) is 5.82 Å². The number of nitrogens with zero attached hydrogens (tertiary/aromatic N) is 1. The van der Waals surface area contributed by atoms with Gasteiger partial charge in [0.2, 0.25) is 0 Å². The van der Waals surface area contributed by atoms with Gasteiger partial charge in [-0.2, -0.15) is 0 Å². The first-order chi connectivity index (χ1) is 9.69. The zero-order chi connectivity index (χ0) is 14.5. The van der Waals surface area contributed by atoms with Gasteiger partial charge in [-0.05, 0) is 37.0 Å². The number of halogens is 1. The van der Waals surface area contributed by atoms with Crippen LogP contribution in [-0.2, 0) is 4.74 Å². The Balaban J connectivity index is 2.15. The molecule has 2 rings (SSSR count). The second-order valence-electron chi connectivity index (χ2n) is 5.49. The molecule has 0 amide bonds. The second-order valence-corrected chi connectivity index (χ2v) is 5.49. The lowest BCUT2D eigenvalue weighted by atomic mass is 9.93. The summed E-state index contributed by atoms with van der Waals surface area (Å²) in [4.78, 5) is 2.46. The lowest BCUT2D eigenvalue weighted by Crippen LogP contribution is -2.49. The Morgan fingerprint density at radius 2 is 2.10 bits per heavy atom. The average molecular weight is 280 g/mol. The average Bonchev–Trinajstić information content (AvgIpc) is 2.50. The third-order valence-corrected chi connectivity index (χ3v) is 4.36. The van der Waals surface area contributed by atoms with Crippen LogP contribution in [0.1, 0.15) is 37.8 Å². The van der Waals surface area contributed by atoms with Crippen molar-refractivity contribution in [1.82, 2.24) is 4.90 Å². The highest BCUT2D eigenvalue weighted by molar-refractivity contribution is 5.20. The van der Waals surface area contributed by atoms with Gasteiger partial charge in [0.25, 0.3) is 0 Å². The van der Waals surface area contributed by atoms with Gasteiger partial charge < -0.3 is 10.5 Å². The number of likely N-dealkylation sites (tertiary alicyclic amines) is 1. The van der Waals surface area contributed by atoms with Crippen LogP contribution in [0.2, 0.25) is 0 Å². The Hall–Kier alpha value is -0.970. The molecule has 0 saturated carbocycles. The standard InChI is InChI=1S/C16H25FN2O/c1-3-16(12-4-6-13(17)7-5-12)19-9-8-15(20-2)10-14(19)11-18/h4-7,14-16H,3,8-11,18H2,1-2H3. The van der Waals surface area contributed by atoms with E-state index in [4.69, 9.17) is 10.5 Å². The molecule has 3 nitrogen and oxygen atoms in total. The quantitative estimate of drug-likeness (QED) is 0.901. The van der Waals surface area contributed by atoms with Crippen LogP contribution in [0.4, 0.5) is 4.39 Å². The van der Waals surface area contributed by atoms with E-state index in [1.54, 1.807) is 7.11 Å². The highest BCUT2D eigenvalue weighted by Crippen LogP contribution is 2.31. The molecule has 1 aliphatic heterocycles. The highest BCUT2D eigenvalue weighted by atomic mass is 19.1. The van der Waals surface area contributed by atoms with E-state index >= 15 is 0 Å². The van der Waals surface area contributed by atoms with Gasteiger partial charge in [0, 0.05) is 32.3 Å². The van der Waals surface area contributed by atoms with Crippen molar-refractivity contribution in [2.24, 2.45) is 5.73 Å². The molecule has 1 heterocycles. The number of methoxy groups -OCH3 is 1. The first-order valence-electron chi connectivity index (χ1n) is 7.43. The van der Waals surface area contributed by atoms with Crippen molar-refractivity contribution >= 4 is 0 Å². The summed E-state index contributed by atoms with van der Waals surface area (Å²) in [6.07, 6.45) is 3.32. The van der Waals surface area contributed by atoms with Crippen LogP contribution in [0.15, 0.2) is 24.3 Å². The molecule has 0 aliphatic carbocycles. The van der Waals surface area contributed by atoms with E-state index in [1.807, 2.05) is 12.1 Å². The Kier molecular flexibility index (Phi) is 5.52. The van der Waals surface area contributed by atoms with Crippen molar-refractivity contribution in [3.05, 3.63) is 35.6 Å². The minimum atomic E-state index is -0.183. The monoisotopic (exact) mass is 280 g/mol. The number of benzene rings is 1. The maximum Gasteiger partial charge on any atom is 0.123 e. The molecule has 2 N–H and O–H groups in total. The smallest absolute Gasteiger partial charge is 0.123 e. The normalized spacial score (nSPS) is 25.6. The summed E-state index contributed by atoms with van der Waals surface area (Å²) in [6.45, 7) is 3.79. The van der Waals surface area contributed by atoms with Gasteiger partial charge in [0.1, 0.15) is 5.82 Å². The van der Waals surface area contributed by atoms with Crippen LogP contribution >= 0.6 is 0 Å². The third-order valence-electron chi connectivity index (χ3n) is 4.36. The van der Waals surface area contributed by atoms with E-state index in [0.717, 1.165) is 25.8 Å². The van der Waals surface area contributed by atoms with Crippen LogP contribution in [0.25, 0.3) is 0 Å². The molecular weight excluding hydrogens is 255 g/mol. The maximum absolute atomic E-state index is 13.1. The SMILES string of the molecule is CCC(c1ccc(F)cc1)N1CCC(OC)CC1CN. The Labute approximate surface area is 120 Å². The molecule has 3 unspecified atom stereocenters. The van der Waals surface area contributed by atoms with Crippen molar-refractivity contribution in [1.29, 1.82) is 0 Å². The van der Waals surface area contributed by atoms with Crippen molar-refractivity contribution in [2.75, 3.05) is 20.2 Å². The summed E-state index contributed by atoms with van der Waals surface area (Å²) in [6, 6.07) is 7.50. The molecular formula is C16H25FN2O. The van der Waals surface area contributed by atoms with E-state index in [1.165, 1.54) is 17.7 Å². The molecule has 1 aromatic rings. The zero-order valence-electron chi connectivity index (χ0n) is 12.4. The van der Waals surface area contributed by atoms with Gasteiger partial charge in [-0.1, -0.05) is 19.1 Å². The molecule has 1 saturated heterocycles. The Morgan fingerprint density at radius 3 is 2.65 bits per heavy atom. The number of hydrogen-bond donors (Lipinski definition) is 1. The van der Waals surface area contributed by atoms with Crippen molar-refractivity contribution in [2.45, 2.75) is 44.4 Å². The minimum Gasteiger partial charge on any atom is -0.381 e. The van der Waals surface area contributed by atoms with Crippen LogP contribution in [0.5, 0.6) is 0 Å². The fourth-order valence-electron chi connectivity index (χ4n) is 3.23. The first-order valence-corrected chi connectivity index (χ1v) is 7.43. The second kappa shape index (κ2) is 7.16. The molecule has 1 fully saturated rings. The lowest BCUT2D eigenvalue weighted by Gasteiger charge is -2.43. The predicted molar refractivity (Wildman–Crippen MR) is 79.0 cm³/mol. The molecule has 112 valence electrons. The van der Waals surface area contributed by atoms with Crippen LogP contribution in [0, 0.1) is 5.82 Å². The third kappa shape index (κ3) is 3.37. The molecule has 1 aliphatic rings. The summed E-state index contributed by atoms with van der Waals surface area (Å²) in [5, 5.41) is 0. The van der Waals surface area contributed by atoms with Gasteiger partial charge >= 0.3 is 0 Å². The van der Waals surface area contributed by atoms with Crippen molar-refractivity contribution in [3.63, 3.8) is 0 Å². The van der Waals surface area contributed by atoms with Gasteiger partial charge in [0.15, 0.2) is 0 Å². The molecule has 1 aromatic carbocycles. The number of rotatable bonds is 5. The minimum absolute atomic E-state index is 0.183. The van der Waals surface area contributed by atoms with Gasteiger partial charge in [-0.15, -0.1) is 0 Å². The summed E-state index contributed by atoms with van der Waals surface area (Å²) in [5.74, 6) is -0.183. The Morgan fingerprint density at radius 1 is 1.40 bits per heavy atom. The Bertz CT molecular complexity index is 409. The fraction of sp³-hybridized carbons (Fsp3) is 0.625. The van der Waals surface area contributed by atoms with E-state index in [9.17, 15) is 4.39 Å². The molecule has 20 heavy (non-hydrogen) atoms. The molecule has 0 aromatic heterocycles. The van der Waals surface area contributed by atoms with E-state index in [2.05, 4.69) is 11.8 Å². The van der Waals surface area contributed by atoms with Gasteiger partial charge in [0.05, 0.1) is 6.10 Å². The number of hydrogen-bond acceptors (Lipinski definition) is 3. The molecule has 3 atom stereocenters. The summed E-state index contributed by atoms with van der Waals surface area (Å²) >= 11 is 0. The first kappa shape index (κ1) is 15.4. The fourth-order valence-corrected chi connectivity index (χ4v) is 3.23. The predicted octanol–water partition coefficient (Wildman–Crippen LogP) is 2.71. The van der Waals surface area contributed by atoms with E-state index < -0.39 is 0 Å².